The number of ketones is 1. The van der Waals surface area contributed by atoms with Crippen LogP contribution in [0.15, 0.2) is 47.2 Å². The predicted molar refractivity (Wildman–Crippen MR) is 87.0 cm³/mol. The molecular formula is C17H16BrNO3. The molecule has 0 aliphatic heterocycles. The van der Waals surface area contributed by atoms with E-state index in [2.05, 4.69) is 27.8 Å². The minimum atomic E-state index is -0.565. The van der Waals surface area contributed by atoms with Crippen molar-refractivity contribution in [3.05, 3.63) is 63.9 Å². The van der Waals surface area contributed by atoms with E-state index in [1.807, 2.05) is 12.1 Å². The SMILES string of the molecule is CCCc1ccc(C(=O)COC(=O)c2cncc(Br)c2)cc1. The van der Waals surface area contributed by atoms with E-state index in [4.69, 9.17) is 4.74 Å². The number of esters is 1. The molecule has 4 nitrogen and oxygen atoms in total. The zero-order valence-electron chi connectivity index (χ0n) is 12.2. The second kappa shape index (κ2) is 7.84. The van der Waals surface area contributed by atoms with Crippen LogP contribution in [0.4, 0.5) is 0 Å². The summed E-state index contributed by atoms with van der Waals surface area (Å²) in [5, 5.41) is 0. The van der Waals surface area contributed by atoms with Crippen LogP contribution in [0.3, 0.4) is 0 Å². The number of halogens is 1. The minimum absolute atomic E-state index is 0.223. The number of rotatable bonds is 6. The number of aryl methyl sites for hydroxylation is 1. The maximum atomic E-state index is 12.0. The molecule has 0 aliphatic carbocycles. The van der Waals surface area contributed by atoms with Crippen LogP contribution in [-0.4, -0.2) is 23.3 Å². The molecule has 0 saturated heterocycles. The van der Waals surface area contributed by atoms with Crippen molar-refractivity contribution < 1.29 is 14.3 Å². The maximum Gasteiger partial charge on any atom is 0.340 e. The summed E-state index contributed by atoms with van der Waals surface area (Å²) >= 11 is 3.23. The summed E-state index contributed by atoms with van der Waals surface area (Å²) in [6.07, 6.45) is 5.02. The third-order valence-electron chi connectivity index (χ3n) is 3.09. The Labute approximate surface area is 137 Å². The van der Waals surface area contributed by atoms with Crippen LogP contribution in [0, 0.1) is 0 Å². The molecule has 2 aromatic rings. The van der Waals surface area contributed by atoms with Crippen molar-refractivity contribution in [2.45, 2.75) is 19.8 Å². The third-order valence-corrected chi connectivity index (χ3v) is 3.52. The molecule has 1 heterocycles. The topological polar surface area (TPSA) is 56.3 Å². The predicted octanol–water partition coefficient (Wildman–Crippen LogP) is 3.84. The Balaban J connectivity index is 1.93. The summed E-state index contributed by atoms with van der Waals surface area (Å²) < 4.78 is 5.71. The minimum Gasteiger partial charge on any atom is -0.454 e. The average Bonchev–Trinajstić information content (AvgIpc) is 2.53. The standard InChI is InChI=1S/C17H16BrNO3/c1-2-3-12-4-6-13(7-5-12)16(20)11-22-17(21)14-8-15(18)10-19-9-14/h4-10H,2-3,11H2,1H3. The molecule has 1 aromatic carbocycles. The highest BCUT2D eigenvalue weighted by Gasteiger charge is 2.12. The van der Waals surface area contributed by atoms with Gasteiger partial charge in [0.2, 0.25) is 0 Å². The molecule has 114 valence electrons. The molecule has 0 atom stereocenters. The molecular weight excluding hydrogens is 346 g/mol. The maximum absolute atomic E-state index is 12.0. The van der Waals surface area contributed by atoms with Gasteiger partial charge in [0, 0.05) is 22.4 Å². The molecule has 0 saturated carbocycles. The van der Waals surface area contributed by atoms with Crippen molar-refractivity contribution in [3.8, 4) is 0 Å². The number of ether oxygens (including phenoxy) is 1. The molecule has 1 aromatic heterocycles. The summed E-state index contributed by atoms with van der Waals surface area (Å²) in [4.78, 5) is 27.7. The molecule has 0 amide bonds. The number of carbonyl (C=O) groups is 2. The Morgan fingerprint density at radius 1 is 1.14 bits per heavy atom. The van der Waals surface area contributed by atoms with E-state index in [-0.39, 0.29) is 12.4 Å². The molecule has 5 heteroatoms. The van der Waals surface area contributed by atoms with Crippen molar-refractivity contribution in [3.63, 3.8) is 0 Å². The fourth-order valence-corrected chi connectivity index (χ4v) is 2.33. The first kappa shape index (κ1) is 16.4. The first-order valence-corrected chi connectivity index (χ1v) is 7.79. The Morgan fingerprint density at radius 2 is 1.86 bits per heavy atom. The summed E-state index contributed by atoms with van der Waals surface area (Å²) in [6.45, 7) is 1.83. The zero-order chi connectivity index (χ0) is 15.9. The van der Waals surface area contributed by atoms with Crippen LogP contribution in [0.1, 0.15) is 39.6 Å². The number of hydrogen-bond donors (Lipinski definition) is 0. The number of carbonyl (C=O) groups excluding carboxylic acids is 2. The van der Waals surface area contributed by atoms with Gasteiger partial charge in [-0.15, -0.1) is 0 Å². The van der Waals surface area contributed by atoms with Crippen LogP contribution >= 0.6 is 15.9 Å². The Hall–Kier alpha value is -2.01. The molecule has 0 fully saturated rings. The lowest BCUT2D eigenvalue weighted by Gasteiger charge is -2.05. The number of benzene rings is 1. The van der Waals surface area contributed by atoms with Crippen LogP contribution in [0.5, 0.6) is 0 Å². The fraction of sp³-hybridized carbons (Fsp3) is 0.235. The highest BCUT2D eigenvalue weighted by Crippen LogP contribution is 2.11. The lowest BCUT2D eigenvalue weighted by molar-refractivity contribution is 0.0474. The van der Waals surface area contributed by atoms with E-state index in [0.29, 0.717) is 15.6 Å². The van der Waals surface area contributed by atoms with Gasteiger partial charge in [-0.25, -0.2) is 4.79 Å². The molecule has 0 unspecified atom stereocenters. The second-order valence-corrected chi connectivity index (χ2v) is 5.75. The van der Waals surface area contributed by atoms with Crippen molar-refractivity contribution in [1.29, 1.82) is 0 Å². The second-order valence-electron chi connectivity index (χ2n) is 4.84. The van der Waals surface area contributed by atoms with Crippen molar-refractivity contribution in [1.82, 2.24) is 4.98 Å². The van der Waals surface area contributed by atoms with Crippen molar-refractivity contribution in [2.75, 3.05) is 6.61 Å². The van der Waals surface area contributed by atoms with Crippen LogP contribution in [-0.2, 0) is 11.2 Å². The van der Waals surface area contributed by atoms with Crippen LogP contribution in [0.25, 0.3) is 0 Å². The van der Waals surface area contributed by atoms with Gasteiger partial charge < -0.3 is 4.74 Å². The first-order chi connectivity index (χ1) is 10.6. The third kappa shape index (κ3) is 4.49. The van der Waals surface area contributed by atoms with E-state index in [1.165, 1.54) is 11.8 Å². The van der Waals surface area contributed by atoms with Gasteiger partial charge in [-0.05, 0) is 34.0 Å². The quantitative estimate of drug-likeness (QED) is 0.579. The molecule has 22 heavy (non-hydrogen) atoms. The Morgan fingerprint density at radius 3 is 2.50 bits per heavy atom. The summed E-state index contributed by atoms with van der Waals surface area (Å²) in [5.74, 6) is -0.788. The largest absolute Gasteiger partial charge is 0.454 e. The van der Waals surface area contributed by atoms with Crippen molar-refractivity contribution in [2.24, 2.45) is 0 Å². The van der Waals surface area contributed by atoms with Gasteiger partial charge in [0.05, 0.1) is 5.56 Å². The lowest BCUT2D eigenvalue weighted by Crippen LogP contribution is -2.14. The van der Waals surface area contributed by atoms with Gasteiger partial charge in [-0.3, -0.25) is 9.78 Å². The van der Waals surface area contributed by atoms with Gasteiger partial charge in [-0.1, -0.05) is 37.6 Å². The summed E-state index contributed by atoms with van der Waals surface area (Å²) in [7, 11) is 0. The highest BCUT2D eigenvalue weighted by atomic mass is 79.9. The van der Waals surface area contributed by atoms with Gasteiger partial charge in [-0.2, -0.15) is 0 Å². The average molecular weight is 362 g/mol. The number of Topliss-reactive ketones (excluding diaryl/α,β-unsaturated/α-hetero) is 1. The molecule has 0 spiro atoms. The Kier molecular flexibility index (Phi) is 5.83. The smallest absolute Gasteiger partial charge is 0.340 e. The van der Waals surface area contributed by atoms with E-state index >= 15 is 0 Å². The Bertz CT molecular complexity index is 668. The van der Waals surface area contributed by atoms with Crippen LogP contribution < -0.4 is 0 Å². The van der Waals surface area contributed by atoms with Gasteiger partial charge in [0.1, 0.15) is 0 Å². The zero-order valence-corrected chi connectivity index (χ0v) is 13.8. The molecule has 0 N–H and O–H groups in total. The highest BCUT2D eigenvalue weighted by molar-refractivity contribution is 9.10. The van der Waals surface area contributed by atoms with Crippen LogP contribution in [0.2, 0.25) is 0 Å². The number of pyridine rings is 1. The van der Waals surface area contributed by atoms with E-state index in [1.54, 1.807) is 24.4 Å². The molecule has 0 aliphatic rings. The molecule has 0 radical (unpaired) electrons. The van der Waals surface area contributed by atoms with Crippen molar-refractivity contribution >= 4 is 27.7 Å². The summed E-state index contributed by atoms with van der Waals surface area (Å²) in [5.41, 5.74) is 2.04. The van der Waals surface area contributed by atoms with Gasteiger partial charge >= 0.3 is 5.97 Å². The number of aromatic nitrogens is 1. The lowest BCUT2D eigenvalue weighted by atomic mass is 10.1. The molecule has 0 bridgehead atoms. The number of hydrogen-bond acceptors (Lipinski definition) is 4. The summed E-state index contributed by atoms with van der Waals surface area (Å²) in [6, 6.07) is 8.98. The van der Waals surface area contributed by atoms with E-state index in [0.717, 1.165) is 12.8 Å². The molecule has 2 rings (SSSR count). The normalized spacial score (nSPS) is 10.3. The first-order valence-electron chi connectivity index (χ1n) is 7.00. The van der Waals surface area contributed by atoms with E-state index in [9.17, 15) is 9.59 Å². The number of nitrogens with zero attached hydrogens (tertiary/aromatic N) is 1. The fourth-order valence-electron chi connectivity index (χ4n) is 1.97. The van der Waals surface area contributed by atoms with E-state index < -0.39 is 5.97 Å². The van der Waals surface area contributed by atoms with Gasteiger partial charge in [0.15, 0.2) is 12.4 Å². The van der Waals surface area contributed by atoms with Gasteiger partial charge in [0.25, 0.3) is 0 Å². The monoisotopic (exact) mass is 361 g/mol.